The zero-order valence-electron chi connectivity index (χ0n) is 15.0. The van der Waals surface area contributed by atoms with Crippen LogP contribution in [0.3, 0.4) is 0 Å². The first kappa shape index (κ1) is 17.6. The van der Waals surface area contributed by atoms with Gasteiger partial charge in [-0.2, -0.15) is 0 Å². The molecule has 3 N–H and O–H groups in total. The van der Waals surface area contributed by atoms with Crippen molar-refractivity contribution in [2.24, 2.45) is 0 Å². The zero-order valence-corrected chi connectivity index (χ0v) is 15.0. The van der Waals surface area contributed by atoms with Crippen LogP contribution >= 0.6 is 0 Å². The highest BCUT2D eigenvalue weighted by Gasteiger charge is 2.48. The van der Waals surface area contributed by atoms with E-state index in [0.29, 0.717) is 26.0 Å². The number of piperidine rings is 1. The van der Waals surface area contributed by atoms with Gasteiger partial charge in [0, 0.05) is 6.42 Å². The Morgan fingerprint density at radius 3 is 2.64 bits per heavy atom. The van der Waals surface area contributed by atoms with Gasteiger partial charge in [0.1, 0.15) is 12.4 Å². The van der Waals surface area contributed by atoms with Crippen LogP contribution in [-0.2, 0) is 4.79 Å². The van der Waals surface area contributed by atoms with Gasteiger partial charge < -0.3 is 20.7 Å². The Morgan fingerprint density at radius 2 is 2.00 bits per heavy atom. The molecule has 2 aliphatic rings. The smallest absolute Gasteiger partial charge is 0.315 e. The van der Waals surface area contributed by atoms with E-state index in [1.807, 2.05) is 26.0 Å². The summed E-state index contributed by atoms with van der Waals surface area (Å²) in [4.78, 5) is 23.8. The number of rotatable bonds is 5. The number of hydrogen-bond donors (Lipinski definition) is 3. The zero-order chi connectivity index (χ0) is 17.9. The summed E-state index contributed by atoms with van der Waals surface area (Å²) in [5.41, 5.74) is 2.10. The third kappa shape index (κ3) is 4.24. The molecule has 0 radical (unpaired) electrons. The maximum Gasteiger partial charge on any atom is 0.315 e. The minimum absolute atomic E-state index is 0.0132. The summed E-state index contributed by atoms with van der Waals surface area (Å²) in [5.74, 6) is 0.920. The maximum absolute atomic E-state index is 12.1. The molecular weight excluding hydrogens is 318 g/mol. The molecule has 6 nitrogen and oxygen atoms in total. The number of benzene rings is 1. The molecule has 0 aromatic heterocycles. The maximum atomic E-state index is 12.1. The van der Waals surface area contributed by atoms with Gasteiger partial charge in [-0.25, -0.2) is 4.79 Å². The number of carbonyl (C=O) groups excluding carboxylic acids is 2. The fraction of sp³-hybridized carbons (Fsp3) is 0.579. The molecule has 2 fully saturated rings. The van der Waals surface area contributed by atoms with Gasteiger partial charge in [-0.1, -0.05) is 6.07 Å². The first-order chi connectivity index (χ1) is 12.0. The summed E-state index contributed by atoms with van der Waals surface area (Å²) in [6.07, 6.45) is 4.17. The third-order valence-electron chi connectivity index (χ3n) is 5.12. The quantitative estimate of drug-likeness (QED) is 0.716. The van der Waals surface area contributed by atoms with Crippen LogP contribution in [0.4, 0.5) is 4.79 Å². The minimum atomic E-state index is -0.220. The van der Waals surface area contributed by atoms with E-state index in [1.165, 1.54) is 0 Å². The highest BCUT2D eigenvalue weighted by atomic mass is 16.5. The standard InChI is InChI=1S/C19H27N3O3/c1-13-10-14(2)12-15(11-13)25-9-8-20-18(24)21-16-4-5-17(23)22-19(16)6-3-7-19/h10-12,16H,3-9H2,1-2H3,(H,22,23)(H2,20,21,24). The molecule has 1 saturated carbocycles. The van der Waals surface area contributed by atoms with Crippen LogP contribution < -0.4 is 20.7 Å². The van der Waals surface area contributed by atoms with Gasteiger partial charge >= 0.3 is 6.03 Å². The van der Waals surface area contributed by atoms with E-state index in [1.54, 1.807) is 0 Å². The van der Waals surface area contributed by atoms with E-state index in [9.17, 15) is 9.59 Å². The molecule has 1 atom stereocenters. The van der Waals surface area contributed by atoms with Gasteiger partial charge in [-0.3, -0.25) is 4.79 Å². The van der Waals surface area contributed by atoms with Crippen molar-refractivity contribution in [1.82, 2.24) is 16.0 Å². The molecule has 1 aromatic rings. The number of carbonyl (C=O) groups is 2. The van der Waals surface area contributed by atoms with E-state index < -0.39 is 0 Å². The van der Waals surface area contributed by atoms with Crippen molar-refractivity contribution in [3.63, 3.8) is 0 Å². The first-order valence-electron chi connectivity index (χ1n) is 9.03. The van der Waals surface area contributed by atoms with Crippen molar-refractivity contribution < 1.29 is 14.3 Å². The van der Waals surface area contributed by atoms with Gasteiger partial charge in [0.25, 0.3) is 0 Å². The average molecular weight is 345 g/mol. The van der Waals surface area contributed by atoms with E-state index in [0.717, 1.165) is 36.1 Å². The minimum Gasteiger partial charge on any atom is -0.492 e. The van der Waals surface area contributed by atoms with Crippen molar-refractivity contribution in [1.29, 1.82) is 0 Å². The fourth-order valence-corrected chi connectivity index (χ4v) is 3.78. The summed E-state index contributed by atoms with van der Waals surface area (Å²) in [5, 5.41) is 8.95. The van der Waals surface area contributed by atoms with E-state index in [-0.39, 0.29) is 23.5 Å². The molecule has 1 aromatic carbocycles. The Hall–Kier alpha value is -2.24. The monoisotopic (exact) mass is 345 g/mol. The Balaban J connectivity index is 1.41. The molecule has 25 heavy (non-hydrogen) atoms. The SMILES string of the molecule is Cc1cc(C)cc(OCCNC(=O)NC2CCC(=O)NC23CCC3)c1. The molecule has 1 spiro atoms. The number of aryl methyl sites for hydroxylation is 2. The van der Waals surface area contributed by atoms with Crippen LogP contribution in [0.2, 0.25) is 0 Å². The second-order valence-electron chi connectivity index (χ2n) is 7.22. The van der Waals surface area contributed by atoms with Gasteiger partial charge in [-0.15, -0.1) is 0 Å². The number of urea groups is 1. The molecular formula is C19H27N3O3. The normalized spacial score (nSPS) is 21.2. The largest absolute Gasteiger partial charge is 0.492 e. The van der Waals surface area contributed by atoms with Crippen LogP contribution in [0, 0.1) is 13.8 Å². The van der Waals surface area contributed by atoms with Crippen LogP contribution in [0.25, 0.3) is 0 Å². The third-order valence-corrected chi connectivity index (χ3v) is 5.12. The van der Waals surface area contributed by atoms with Gasteiger partial charge in [0.15, 0.2) is 0 Å². The highest BCUT2D eigenvalue weighted by molar-refractivity contribution is 5.79. The molecule has 1 heterocycles. The van der Waals surface area contributed by atoms with Gasteiger partial charge in [0.05, 0.1) is 18.1 Å². The van der Waals surface area contributed by atoms with Crippen molar-refractivity contribution >= 4 is 11.9 Å². The summed E-state index contributed by atoms with van der Waals surface area (Å²) in [6, 6.07) is 5.88. The van der Waals surface area contributed by atoms with E-state index in [2.05, 4.69) is 22.0 Å². The van der Waals surface area contributed by atoms with Crippen molar-refractivity contribution in [2.75, 3.05) is 13.2 Å². The molecule has 1 unspecified atom stereocenters. The molecule has 3 amide bonds. The molecule has 3 rings (SSSR count). The topological polar surface area (TPSA) is 79.5 Å². The van der Waals surface area contributed by atoms with Crippen molar-refractivity contribution in [3.8, 4) is 5.75 Å². The molecule has 136 valence electrons. The lowest BCUT2D eigenvalue weighted by atomic mass is 9.68. The Morgan fingerprint density at radius 1 is 1.28 bits per heavy atom. The van der Waals surface area contributed by atoms with Crippen LogP contribution in [0.5, 0.6) is 5.75 Å². The molecule has 6 heteroatoms. The Labute approximate surface area is 148 Å². The second-order valence-corrected chi connectivity index (χ2v) is 7.22. The predicted molar refractivity (Wildman–Crippen MR) is 95.7 cm³/mol. The number of hydrogen-bond acceptors (Lipinski definition) is 3. The summed E-state index contributed by atoms with van der Waals surface area (Å²) in [7, 11) is 0. The van der Waals surface area contributed by atoms with Crippen LogP contribution in [0.1, 0.15) is 43.2 Å². The fourth-order valence-electron chi connectivity index (χ4n) is 3.78. The van der Waals surface area contributed by atoms with E-state index in [4.69, 9.17) is 4.74 Å². The molecule has 1 aliphatic carbocycles. The average Bonchev–Trinajstić information content (AvgIpc) is 2.51. The Bertz CT molecular complexity index is 635. The summed E-state index contributed by atoms with van der Waals surface area (Å²) < 4.78 is 5.70. The van der Waals surface area contributed by atoms with Gasteiger partial charge in [-0.05, 0) is 62.8 Å². The lowest BCUT2D eigenvalue weighted by Crippen LogP contribution is -2.69. The lowest BCUT2D eigenvalue weighted by molar-refractivity contribution is -0.127. The lowest BCUT2D eigenvalue weighted by Gasteiger charge is -2.50. The van der Waals surface area contributed by atoms with Crippen molar-refractivity contribution in [2.45, 2.75) is 57.5 Å². The number of nitrogens with one attached hydrogen (secondary N) is 3. The summed E-state index contributed by atoms with van der Waals surface area (Å²) in [6.45, 7) is 4.92. The number of ether oxygens (including phenoxy) is 1. The van der Waals surface area contributed by atoms with Crippen molar-refractivity contribution in [3.05, 3.63) is 29.3 Å². The summed E-state index contributed by atoms with van der Waals surface area (Å²) >= 11 is 0. The predicted octanol–water partition coefficient (Wildman–Crippen LogP) is 2.18. The molecule has 0 bridgehead atoms. The second kappa shape index (κ2) is 7.33. The van der Waals surface area contributed by atoms with Crippen LogP contribution in [-0.4, -0.2) is 36.7 Å². The van der Waals surface area contributed by atoms with E-state index >= 15 is 0 Å². The molecule has 1 saturated heterocycles. The van der Waals surface area contributed by atoms with Gasteiger partial charge in [0.2, 0.25) is 5.91 Å². The number of amides is 3. The Kier molecular flexibility index (Phi) is 5.16. The highest BCUT2D eigenvalue weighted by Crippen LogP contribution is 2.38. The molecule has 1 aliphatic heterocycles. The first-order valence-corrected chi connectivity index (χ1v) is 9.03. The van der Waals surface area contributed by atoms with Crippen LogP contribution in [0.15, 0.2) is 18.2 Å².